The number of rotatable bonds is 5. The molecule has 0 amide bonds. The molecule has 0 aliphatic carbocycles. The molecule has 0 radical (unpaired) electrons. The first-order valence-corrected chi connectivity index (χ1v) is 17.5. The molecule has 0 unspecified atom stereocenters. The van der Waals surface area contributed by atoms with E-state index in [1.807, 2.05) is 35.6 Å². The predicted octanol–water partition coefficient (Wildman–Crippen LogP) is 12.0. The SMILES string of the molecule is c1ccc(-c2ccc(-c3nc(-c4ccccc4)nc(-n4c5ccc(-c6ccccc6)cc5c5c6c(ccc54)sc4ccccc46)n3)cc2)cc1. The van der Waals surface area contributed by atoms with Crippen LogP contribution in [0.3, 0.4) is 0 Å². The van der Waals surface area contributed by atoms with Crippen LogP contribution in [0.5, 0.6) is 0 Å². The number of fused-ring (bicyclic) bond motifs is 7. The van der Waals surface area contributed by atoms with Crippen LogP contribution >= 0.6 is 11.3 Å². The number of hydrogen-bond acceptors (Lipinski definition) is 4. The molecular weight excluding hydrogens is 629 g/mol. The van der Waals surface area contributed by atoms with Gasteiger partial charge in [0.15, 0.2) is 11.6 Å². The Morgan fingerprint density at radius 3 is 1.58 bits per heavy atom. The molecule has 0 saturated carbocycles. The fourth-order valence-electron chi connectivity index (χ4n) is 7.10. The number of nitrogens with zero attached hydrogens (tertiary/aromatic N) is 4. The maximum Gasteiger partial charge on any atom is 0.238 e. The van der Waals surface area contributed by atoms with Crippen molar-refractivity contribution in [2.75, 3.05) is 0 Å². The Kier molecular flexibility index (Phi) is 6.64. The van der Waals surface area contributed by atoms with Crippen LogP contribution in [0.15, 0.2) is 170 Å². The highest BCUT2D eigenvalue weighted by molar-refractivity contribution is 7.26. The second-order valence-corrected chi connectivity index (χ2v) is 13.5. The van der Waals surface area contributed by atoms with Crippen molar-refractivity contribution in [3.8, 4) is 51.0 Å². The quantitative estimate of drug-likeness (QED) is 0.185. The van der Waals surface area contributed by atoms with Gasteiger partial charge in [-0.2, -0.15) is 9.97 Å². The molecule has 0 bridgehead atoms. The average molecular weight is 657 g/mol. The summed E-state index contributed by atoms with van der Waals surface area (Å²) in [6.07, 6.45) is 0. The van der Waals surface area contributed by atoms with Crippen molar-refractivity contribution in [2.45, 2.75) is 0 Å². The van der Waals surface area contributed by atoms with Crippen LogP contribution in [0.4, 0.5) is 0 Å². The second kappa shape index (κ2) is 11.6. The Hall–Kier alpha value is -6.43. The van der Waals surface area contributed by atoms with Gasteiger partial charge < -0.3 is 0 Å². The zero-order valence-electron chi connectivity index (χ0n) is 26.9. The van der Waals surface area contributed by atoms with Gasteiger partial charge >= 0.3 is 0 Å². The summed E-state index contributed by atoms with van der Waals surface area (Å²) in [6, 6.07) is 59.6. The smallest absolute Gasteiger partial charge is 0.238 e. The molecular formula is C45H28N4S. The lowest BCUT2D eigenvalue weighted by Gasteiger charge is -2.11. The second-order valence-electron chi connectivity index (χ2n) is 12.5. The first-order chi connectivity index (χ1) is 24.8. The Labute approximate surface area is 292 Å². The first-order valence-electron chi connectivity index (χ1n) is 16.7. The lowest BCUT2D eigenvalue weighted by Crippen LogP contribution is -2.06. The topological polar surface area (TPSA) is 43.6 Å². The molecule has 3 aromatic heterocycles. The molecule has 234 valence electrons. The van der Waals surface area contributed by atoms with E-state index in [0.29, 0.717) is 17.6 Å². The summed E-state index contributed by atoms with van der Waals surface area (Å²) in [7, 11) is 0. The van der Waals surface area contributed by atoms with Crippen molar-refractivity contribution in [1.29, 1.82) is 0 Å². The highest BCUT2D eigenvalue weighted by Crippen LogP contribution is 2.44. The molecule has 0 fully saturated rings. The van der Waals surface area contributed by atoms with Gasteiger partial charge in [0.1, 0.15) is 0 Å². The highest BCUT2D eigenvalue weighted by atomic mass is 32.1. The van der Waals surface area contributed by atoms with Crippen LogP contribution in [-0.4, -0.2) is 19.5 Å². The lowest BCUT2D eigenvalue weighted by molar-refractivity contribution is 0.954. The van der Waals surface area contributed by atoms with Crippen LogP contribution in [0.25, 0.3) is 93.0 Å². The first kappa shape index (κ1) is 28.6. The zero-order chi connectivity index (χ0) is 33.0. The molecule has 5 heteroatoms. The van der Waals surface area contributed by atoms with E-state index in [1.54, 1.807) is 0 Å². The van der Waals surface area contributed by atoms with Gasteiger partial charge in [-0.1, -0.05) is 140 Å². The monoisotopic (exact) mass is 656 g/mol. The molecule has 10 aromatic rings. The van der Waals surface area contributed by atoms with Crippen molar-refractivity contribution in [1.82, 2.24) is 19.5 Å². The number of thiophene rings is 1. The van der Waals surface area contributed by atoms with Crippen molar-refractivity contribution >= 4 is 53.3 Å². The zero-order valence-corrected chi connectivity index (χ0v) is 27.7. The summed E-state index contributed by atoms with van der Waals surface area (Å²) >= 11 is 1.84. The number of benzene rings is 7. The van der Waals surface area contributed by atoms with E-state index in [-0.39, 0.29) is 0 Å². The molecule has 50 heavy (non-hydrogen) atoms. The third-order valence-electron chi connectivity index (χ3n) is 9.48. The maximum absolute atomic E-state index is 5.23. The molecule has 4 nitrogen and oxygen atoms in total. The van der Waals surface area contributed by atoms with Gasteiger partial charge in [-0.05, 0) is 52.6 Å². The van der Waals surface area contributed by atoms with E-state index < -0.39 is 0 Å². The van der Waals surface area contributed by atoms with E-state index in [1.165, 1.54) is 47.6 Å². The molecule has 0 aliphatic rings. The molecule has 0 saturated heterocycles. The van der Waals surface area contributed by atoms with Gasteiger partial charge in [0.25, 0.3) is 0 Å². The largest absolute Gasteiger partial charge is 0.278 e. The van der Waals surface area contributed by atoms with E-state index in [2.05, 4.69) is 150 Å². The summed E-state index contributed by atoms with van der Waals surface area (Å²) in [5.41, 5.74) is 8.68. The standard InChI is InChI=1S/C45H28N4S/c1-4-12-29(13-5-1)31-20-22-33(23-21-31)44-46-43(32-16-8-3-9-17-32)47-45(48-44)49-37-25-24-34(30-14-6-2-7-15-30)28-36(37)41-38(49)26-27-40-42(41)35-18-10-11-19-39(35)50-40/h1-28H. The maximum atomic E-state index is 5.23. The van der Waals surface area contributed by atoms with E-state index in [0.717, 1.165) is 27.7 Å². The van der Waals surface area contributed by atoms with E-state index >= 15 is 0 Å². The third kappa shape index (κ3) is 4.71. The summed E-state index contributed by atoms with van der Waals surface area (Å²) in [5.74, 6) is 1.86. The Bertz CT molecular complexity index is 2840. The van der Waals surface area contributed by atoms with Crippen LogP contribution in [-0.2, 0) is 0 Å². The van der Waals surface area contributed by atoms with Gasteiger partial charge in [-0.25, -0.2) is 4.98 Å². The summed E-state index contributed by atoms with van der Waals surface area (Å²) in [5, 5.41) is 4.92. The summed E-state index contributed by atoms with van der Waals surface area (Å²) in [6.45, 7) is 0. The Morgan fingerprint density at radius 1 is 0.360 bits per heavy atom. The van der Waals surface area contributed by atoms with Crippen molar-refractivity contribution in [2.24, 2.45) is 0 Å². The van der Waals surface area contributed by atoms with Crippen molar-refractivity contribution in [3.63, 3.8) is 0 Å². The van der Waals surface area contributed by atoms with Crippen LogP contribution in [0.1, 0.15) is 0 Å². The minimum atomic E-state index is 0.590. The molecule has 7 aromatic carbocycles. The fraction of sp³-hybridized carbons (Fsp3) is 0. The molecule has 0 spiro atoms. The minimum Gasteiger partial charge on any atom is -0.278 e. The molecule has 3 heterocycles. The van der Waals surface area contributed by atoms with Gasteiger partial charge in [0, 0.05) is 42.1 Å². The third-order valence-corrected chi connectivity index (χ3v) is 10.6. The van der Waals surface area contributed by atoms with Crippen LogP contribution in [0, 0.1) is 0 Å². The Balaban J connectivity index is 1.26. The van der Waals surface area contributed by atoms with E-state index in [4.69, 9.17) is 15.0 Å². The van der Waals surface area contributed by atoms with Gasteiger partial charge in [-0.15, -0.1) is 11.3 Å². The van der Waals surface area contributed by atoms with Crippen molar-refractivity contribution < 1.29 is 0 Å². The van der Waals surface area contributed by atoms with Crippen LogP contribution < -0.4 is 0 Å². The number of hydrogen-bond donors (Lipinski definition) is 0. The molecule has 0 aliphatic heterocycles. The fourth-order valence-corrected chi connectivity index (χ4v) is 8.22. The normalized spacial score (nSPS) is 11.6. The lowest BCUT2D eigenvalue weighted by atomic mass is 10.0. The van der Waals surface area contributed by atoms with Gasteiger partial charge in [0.2, 0.25) is 5.95 Å². The Morgan fingerprint density at radius 2 is 0.880 bits per heavy atom. The minimum absolute atomic E-state index is 0.590. The molecule has 0 atom stereocenters. The van der Waals surface area contributed by atoms with E-state index in [9.17, 15) is 0 Å². The van der Waals surface area contributed by atoms with Gasteiger partial charge in [-0.3, -0.25) is 4.57 Å². The highest BCUT2D eigenvalue weighted by Gasteiger charge is 2.21. The average Bonchev–Trinajstić information content (AvgIpc) is 3.74. The van der Waals surface area contributed by atoms with Gasteiger partial charge in [0.05, 0.1) is 11.0 Å². The molecule has 10 rings (SSSR count). The number of aromatic nitrogens is 4. The van der Waals surface area contributed by atoms with Crippen molar-refractivity contribution in [3.05, 3.63) is 170 Å². The summed E-state index contributed by atoms with van der Waals surface area (Å²) in [4.78, 5) is 15.5. The predicted molar refractivity (Wildman–Crippen MR) is 209 cm³/mol. The summed E-state index contributed by atoms with van der Waals surface area (Å²) < 4.78 is 4.77. The van der Waals surface area contributed by atoms with Crippen LogP contribution in [0.2, 0.25) is 0 Å². The molecule has 0 N–H and O–H groups in total.